The van der Waals surface area contributed by atoms with E-state index in [4.69, 9.17) is 17.0 Å². The lowest BCUT2D eigenvalue weighted by atomic mass is 10.1. The first-order chi connectivity index (χ1) is 11.7. The van der Waals surface area contributed by atoms with Gasteiger partial charge in [-0.15, -0.1) is 11.3 Å². The van der Waals surface area contributed by atoms with Crippen LogP contribution in [0.2, 0.25) is 0 Å². The van der Waals surface area contributed by atoms with Crippen LogP contribution in [-0.2, 0) is 24.1 Å². The van der Waals surface area contributed by atoms with Gasteiger partial charge in [-0.3, -0.25) is 0 Å². The molecule has 1 aromatic heterocycles. The zero-order valence-corrected chi connectivity index (χ0v) is 15.2. The van der Waals surface area contributed by atoms with Crippen molar-refractivity contribution in [2.24, 2.45) is 0 Å². The average molecular weight is 361 g/mol. The normalized spacial score (nSPS) is 12.5. The summed E-state index contributed by atoms with van der Waals surface area (Å²) >= 11 is 7.00. The van der Waals surface area contributed by atoms with Gasteiger partial charge in [0.05, 0.1) is 12.2 Å². The lowest BCUT2D eigenvalue weighted by Gasteiger charge is -2.11. The minimum Gasteiger partial charge on any atom is -0.462 e. The summed E-state index contributed by atoms with van der Waals surface area (Å²) in [5.74, 6) is -0.259. The van der Waals surface area contributed by atoms with E-state index in [0.29, 0.717) is 23.8 Å². The van der Waals surface area contributed by atoms with Crippen LogP contribution >= 0.6 is 23.6 Å². The predicted octanol–water partition coefficient (Wildman–Crippen LogP) is 3.90. The van der Waals surface area contributed by atoms with Crippen LogP contribution in [0.1, 0.15) is 39.7 Å². The number of esters is 1. The highest BCUT2D eigenvalue weighted by Gasteiger charge is 2.27. The summed E-state index contributed by atoms with van der Waals surface area (Å²) in [5.41, 5.74) is 2.95. The zero-order chi connectivity index (χ0) is 16.9. The third-order valence-electron chi connectivity index (χ3n) is 3.92. The SMILES string of the molecule is CCOC(=O)c1c(NC(=S)NCc2ccccc2)sc2c1CCC2. The molecular weight excluding hydrogens is 340 g/mol. The quantitative estimate of drug-likeness (QED) is 0.626. The number of thiophene rings is 1. The highest BCUT2D eigenvalue weighted by Crippen LogP contribution is 2.39. The van der Waals surface area contributed by atoms with Crippen LogP contribution in [0.4, 0.5) is 5.00 Å². The maximum atomic E-state index is 12.3. The van der Waals surface area contributed by atoms with Crippen molar-refractivity contribution in [1.29, 1.82) is 0 Å². The van der Waals surface area contributed by atoms with Gasteiger partial charge in [0.1, 0.15) is 5.00 Å². The summed E-state index contributed by atoms with van der Waals surface area (Å²) in [7, 11) is 0. The fourth-order valence-corrected chi connectivity index (χ4v) is 4.36. The summed E-state index contributed by atoms with van der Waals surface area (Å²) in [5, 5.41) is 7.69. The van der Waals surface area contributed by atoms with E-state index in [0.717, 1.165) is 35.4 Å². The highest BCUT2D eigenvalue weighted by atomic mass is 32.1. The third kappa shape index (κ3) is 3.76. The van der Waals surface area contributed by atoms with Crippen LogP contribution < -0.4 is 10.6 Å². The number of hydrogen-bond acceptors (Lipinski definition) is 4. The van der Waals surface area contributed by atoms with Gasteiger partial charge in [0, 0.05) is 11.4 Å². The molecule has 0 unspecified atom stereocenters. The number of rotatable bonds is 5. The molecule has 4 nitrogen and oxygen atoms in total. The monoisotopic (exact) mass is 360 g/mol. The van der Waals surface area contributed by atoms with E-state index in [1.54, 1.807) is 11.3 Å². The number of nitrogens with one attached hydrogen (secondary N) is 2. The van der Waals surface area contributed by atoms with E-state index in [1.165, 1.54) is 4.88 Å². The number of carbonyl (C=O) groups is 1. The molecule has 1 aliphatic carbocycles. The number of carbonyl (C=O) groups excluding carboxylic acids is 1. The van der Waals surface area contributed by atoms with Gasteiger partial charge in [0.25, 0.3) is 0 Å². The molecule has 1 heterocycles. The molecule has 1 aromatic carbocycles. The molecule has 0 aliphatic heterocycles. The molecule has 24 heavy (non-hydrogen) atoms. The molecule has 0 saturated carbocycles. The Hall–Kier alpha value is -1.92. The molecule has 0 fully saturated rings. The number of aryl methyl sites for hydroxylation is 1. The van der Waals surface area contributed by atoms with Crippen LogP contribution in [0.15, 0.2) is 30.3 Å². The second-order valence-corrected chi connectivity index (χ2v) is 7.09. The number of benzene rings is 1. The van der Waals surface area contributed by atoms with Crippen LogP contribution in [-0.4, -0.2) is 17.7 Å². The van der Waals surface area contributed by atoms with Gasteiger partial charge in [0.2, 0.25) is 0 Å². The molecule has 0 saturated heterocycles. The Morgan fingerprint density at radius 3 is 2.83 bits per heavy atom. The lowest BCUT2D eigenvalue weighted by Crippen LogP contribution is -2.28. The summed E-state index contributed by atoms with van der Waals surface area (Å²) in [6.07, 6.45) is 3.06. The Morgan fingerprint density at radius 2 is 2.08 bits per heavy atom. The summed E-state index contributed by atoms with van der Waals surface area (Å²) < 4.78 is 5.23. The molecule has 0 spiro atoms. The van der Waals surface area contributed by atoms with E-state index >= 15 is 0 Å². The van der Waals surface area contributed by atoms with Crippen molar-refractivity contribution in [3.63, 3.8) is 0 Å². The second kappa shape index (κ2) is 7.77. The smallest absolute Gasteiger partial charge is 0.341 e. The first-order valence-corrected chi connectivity index (χ1v) is 9.32. The fourth-order valence-electron chi connectivity index (χ4n) is 2.84. The predicted molar refractivity (Wildman–Crippen MR) is 102 cm³/mol. The Bertz CT molecular complexity index is 741. The summed E-state index contributed by atoms with van der Waals surface area (Å²) in [6.45, 7) is 2.84. The van der Waals surface area contributed by atoms with Crippen molar-refractivity contribution in [2.75, 3.05) is 11.9 Å². The van der Waals surface area contributed by atoms with Crippen LogP contribution in [0.5, 0.6) is 0 Å². The highest BCUT2D eigenvalue weighted by molar-refractivity contribution is 7.80. The van der Waals surface area contributed by atoms with E-state index in [1.807, 2.05) is 37.3 Å². The van der Waals surface area contributed by atoms with Crippen molar-refractivity contribution in [2.45, 2.75) is 32.7 Å². The Morgan fingerprint density at radius 1 is 1.29 bits per heavy atom. The fraction of sp³-hybridized carbons (Fsp3) is 0.333. The molecule has 126 valence electrons. The van der Waals surface area contributed by atoms with Crippen LogP contribution in [0, 0.1) is 0 Å². The molecule has 0 atom stereocenters. The van der Waals surface area contributed by atoms with E-state index in [2.05, 4.69) is 10.6 Å². The first-order valence-electron chi connectivity index (χ1n) is 8.09. The molecule has 3 rings (SSSR count). The summed E-state index contributed by atoms with van der Waals surface area (Å²) in [4.78, 5) is 13.6. The molecule has 2 aromatic rings. The maximum absolute atomic E-state index is 12.3. The molecule has 1 aliphatic rings. The van der Waals surface area contributed by atoms with Crippen LogP contribution in [0.25, 0.3) is 0 Å². The van der Waals surface area contributed by atoms with Crippen molar-refractivity contribution in [3.05, 3.63) is 51.9 Å². The molecule has 6 heteroatoms. The van der Waals surface area contributed by atoms with Crippen molar-refractivity contribution in [1.82, 2.24) is 5.32 Å². The first kappa shape index (κ1) is 16.9. The number of hydrogen-bond donors (Lipinski definition) is 2. The Balaban J connectivity index is 1.70. The third-order valence-corrected chi connectivity index (χ3v) is 5.38. The van der Waals surface area contributed by atoms with Gasteiger partial charge in [-0.1, -0.05) is 30.3 Å². The molecule has 0 bridgehead atoms. The standard InChI is InChI=1S/C18H20N2O2S2/c1-2-22-17(21)15-13-9-6-10-14(13)24-16(15)20-18(23)19-11-12-7-4-3-5-8-12/h3-5,7-8H,2,6,9-11H2,1H3,(H2,19,20,23). The number of anilines is 1. The zero-order valence-electron chi connectivity index (χ0n) is 13.6. The van der Waals surface area contributed by atoms with Crippen molar-refractivity contribution < 1.29 is 9.53 Å². The minimum atomic E-state index is -0.259. The largest absolute Gasteiger partial charge is 0.462 e. The Labute approximate surface area is 151 Å². The second-order valence-electron chi connectivity index (χ2n) is 5.58. The van der Waals surface area contributed by atoms with E-state index < -0.39 is 0 Å². The van der Waals surface area contributed by atoms with Gasteiger partial charge in [-0.05, 0) is 49.5 Å². The number of thiocarbonyl (C=S) groups is 1. The van der Waals surface area contributed by atoms with Gasteiger partial charge < -0.3 is 15.4 Å². The summed E-state index contributed by atoms with van der Waals surface area (Å²) in [6, 6.07) is 10.1. The molecule has 2 N–H and O–H groups in total. The molecular formula is C18H20N2O2S2. The average Bonchev–Trinajstić information content (AvgIpc) is 3.14. The maximum Gasteiger partial charge on any atom is 0.341 e. The van der Waals surface area contributed by atoms with E-state index in [-0.39, 0.29) is 5.97 Å². The molecule has 0 radical (unpaired) electrons. The van der Waals surface area contributed by atoms with Crippen LogP contribution in [0.3, 0.4) is 0 Å². The molecule has 0 amide bonds. The van der Waals surface area contributed by atoms with Crippen molar-refractivity contribution in [3.8, 4) is 0 Å². The number of ether oxygens (including phenoxy) is 1. The topological polar surface area (TPSA) is 50.4 Å². The number of fused-ring (bicyclic) bond motifs is 1. The van der Waals surface area contributed by atoms with Gasteiger partial charge in [-0.2, -0.15) is 0 Å². The Kier molecular flexibility index (Phi) is 5.48. The van der Waals surface area contributed by atoms with Gasteiger partial charge in [0.15, 0.2) is 5.11 Å². The van der Waals surface area contributed by atoms with Crippen molar-refractivity contribution >= 4 is 39.6 Å². The van der Waals surface area contributed by atoms with Gasteiger partial charge >= 0.3 is 5.97 Å². The lowest BCUT2D eigenvalue weighted by molar-refractivity contribution is 0.0527. The van der Waals surface area contributed by atoms with Gasteiger partial charge in [-0.25, -0.2) is 4.79 Å². The minimum absolute atomic E-state index is 0.259. The van der Waals surface area contributed by atoms with E-state index in [9.17, 15) is 4.79 Å².